The largest absolute Gasteiger partial charge is 0.497 e. The maximum atomic E-state index is 13.1. The highest BCUT2D eigenvalue weighted by atomic mass is 16.5. The predicted molar refractivity (Wildman–Crippen MR) is 127 cm³/mol. The van der Waals surface area contributed by atoms with Gasteiger partial charge >= 0.3 is 0 Å². The van der Waals surface area contributed by atoms with Gasteiger partial charge in [0.1, 0.15) is 5.75 Å². The van der Waals surface area contributed by atoms with E-state index in [4.69, 9.17) is 9.26 Å². The molecule has 8 heteroatoms. The van der Waals surface area contributed by atoms with Crippen LogP contribution in [0, 0.1) is 0 Å². The van der Waals surface area contributed by atoms with Crippen molar-refractivity contribution in [2.45, 2.75) is 26.3 Å². The number of anilines is 1. The number of nitrogens with zero attached hydrogens (tertiary/aromatic N) is 4. The zero-order valence-corrected chi connectivity index (χ0v) is 19.3. The van der Waals surface area contributed by atoms with Gasteiger partial charge in [0.05, 0.1) is 19.2 Å². The van der Waals surface area contributed by atoms with E-state index in [2.05, 4.69) is 27.3 Å². The van der Waals surface area contributed by atoms with Crippen LogP contribution in [0.25, 0.3) is 11.4 Å². The molecular formula is C25H31N5O3. The molecule has 1 saturated heterocycles. The summed E-state index contributed by atoms with van der Waals surface area (Å²) in [5, 5.41) is 7.51. The Morgan fingerprint density at radius 1 is 1.09 bits per heavy atom. The third-order valence-electron chi connectivity index (χ3n) is 5.84. The molecule has 33 heavy (non-hydrogen) atoms. The molecule has 1 N–H and O–H groups in total. The molecule has 1 aliphatic rings. The van der Waals surface area contributed by atoms with Gasteiger partial charge in [0.2, 0.25) is 11.7 Å². The summed E-state index contributed by atoms with van der Waals surface area (Å²) in [7, 11) is 1.64. The molecule has 0 unspecified atom stereocenters. The van der Waals surface area contributed by atoms with Crippen LogP contribution in [0.5, 0.6) is 5.75 Å². The van der Waals surface area contributed by atoms with Gasteiger partial charge in [0.15, 0.2) is 0 Å². The minimum Gasteiger partial charge on any atom is -0.497 e. The Morgan fingerprint density at radius 3 is 2.58 bits per heavy atom. The number of unbranched alkanes of at least 4 members (excludes halogenated alkanes) is 1. The van der Waals surface area contributed by atoms with Crippen molar-refractivity contribution in [3.63, 3.8) is 0 Å². The first-order chi connectivity index (χ1) is 16.2. The Morgan fingerprint density at radius 2 is 1.85 bits per heavy atom. The second-order valence-electron chi connectivity index (χ2n) is 8.13. The van der Waals surface area contributed by atoms with Gasteiger partial charge in [0, 0.05) is 44.0 Å². The number of piperazine rings is 1. The van der Waals surface area contributed by atoms with Crippen LogP contribution in [0.15, 0.2) is 53.1 Å². The Hall–Kier alpha value is -3.39. The molecule has 174 valence electrons. The molecular weight excluding hydrogens is 418 g/mol. The smallest absolute Gasteiger partial charge is 0.256 e. The Bertz CT molecular complexity index is 1040. The Kier molecular flexibility index (Phi) is 7.57. The second kappa shape index (κ2) is 11.0. The topological polar surface area (TPSA) is 83.7 Å². The third kappa shape index (κ3) is 5.70. The molecule has 0 atom stereocenters. The number of hydrogen-bond acceptors (Lipinski definition) is 7. The molecule has 2 heterocycles. The summed E-state index contributed by atoms with van der Waals surface area (Å²) in [5.74, 6) is 2.00. The molecule has 0 bridgehead atoms. The maximum Gasteiger partial charge on any atom is 0.256 e. The Labute approximate surface area is 194 Å². The molecule has 0 saturated carbocycles. The summed E-state index contributed by atoms with van der Waals surface area (Å²) in [6.45, 7) is 6.46. The van der Waals surface area contributed by atoms with E-state index in [1.807, 2.05) is 53.4 Å². The van der Waals surface area contributed by atoms with Crippen LogP contribution < -0.4 is 10.1 Å². The van der Waals surface area contributed by atoms with Crippen molar-refractivity contribution in [2.75, 3.05) is 45.2 Å². The van der Waals surface area contributed by atoms with Crippen LogP contribution in [0.1, 0.15) is 36.0 Å². The number of benzene rings is 2. The summed E-state index contributed by atoms with van der Waals surface area (Å²) in [6.07, 6.45) is 2.20. The van der Waals surface area contributed by atoms with Crippen LogP contribution in [0.2, 0.25) is 0 Å². The number of carbonyl (C=O) groups excluding carboxylic acids is 1. The number of ether oxygens (including phenoxy) is 1. The fourth-order valence-electron chi connectivity index (χ4n) is 3.87. The number of carbonyl (C=O) groups is 1. The highest BCUT2D eigenvalue weighted by molar-refractivity contribution is 5.99. The van der Waals surface area contributed by atoms with Gasteiger partial charge in [-0.15, -0.1) is 0 Å². The highest BCUT2D eigenvalue weighted by Gasteiger charge is 2.25. The molecule has 4 rings (SSSR count). The first-order valence-electron chi connectivity index (χ1n) is 11.5. The molecule has 0 spiro atoms. The molecule has 2 aromatic carbocycles. The van der Waals surface area contributed by atoms with Crippen LogP contribution in [-0.2, 0) is 6.54 Å². The third-order valence-corrected chi connectivity index (χ3v) is 5.84. The Balaban J connectivity index is 1.31. The van der Waals surface area contributed by atoms with E-state index in [1.54, 1.807) is 7.11 Å². The second-order valence-corrected chi connectivity index (χ2v) is 8.13. The van der Waals surface area contributed by atoms with E-state index >= 15 is 0 Å². The average molecular weight is 450 g/mol. The van der Waals surface area contributed by atoms with E-state index in [-0.39, 0.29) is 5.91 Å². The van der Waals surface area contributed by atoms with Gasteiger partial charge in [-0.05, 0) is 42.8 Å². The minimum atomic E-state index is 0.0776. The minimum absolute atomic E-state index is 0.0776. The molecule has 0 aliphatic carbocycles. The molecule has 3 aromatic rings. The van der Waals surface area contributed by atoms with E-state index in [0.717, 1.165) is 55.0 Å². The zero-order chi connectivity index (χ0) is 23.0. The number of rotatable bonds is 9. The van der Waals surface area contributed by atoms with Gasteiger partial charge in [-0.1, -0.05) is 30.6 Å². The predicted octanol–water partition coefficient (Wildman–Crippen LogP) is 3.92. The zero-order valence-electron chi connectivity index (χ0n) is 19.3. The molecule has 1 amide bonds. The molecule has 1 fully saturated rings. The highest BCUT2D eigenvalue weighted by Crippen LogP contribution is 2.21. The van der Waals surface area contributed by atoms with E-state index in [0.29, 0.717) is 31.3 Å². The van der Waals surface area contributed by atoms with Crippen LogP contribution in [-0.4, -0.2) is 65.7 Å². The van der Waals surface area contributed by atoms with Gasteiger partial charge in [0.25, 0.3) is 5.91 Å². The number of aromatic nitrogens is 2. The molecule has 0 radical (unpaired) electrons. The first-order valence-corrected chi connectivity index (χ1v) is 11.5. The lowest BCUT2D eigenvalue weighted by Crippen LogP contribution is -2.48. The van der Waals surface area contributed by atoms with Crippen molar-refractivity contribution in [1.82, 2.24) is 19.9 Å². The van der Waals surface area contributed by atoms with Crippen molar-refractivity contribution in [1.29, 1.82) is 0 Å². The molecule has 8 nitrogen and oxygen atoms in total. The molecule has 1 aliphatic heterocycles. The van der Waals surface area contributed by atoms with Gasteiger partial charge < -0.3 is 19.5 Å². The first kappa shape index (κ1) is 22.8. The summed E-state index contributed by atoms with van der Waals surface area (Å²) < 4.78 is 10.7. The lowest BCUT2D eigenvalue weighted by molar-refractivity contribution is 0.0616. The van der Waals surface area contributed by atoms with Crippen LogP contribution in [0.3, 0.4) is 0 Å². The van der Waals surface area contributed by atoms with Crippen molar-refractivity contribution in [3.05, 3.63) is 60.0 Å². The summed E-state index contributed by atoms with van der Waals surface area (Å²) in [5.41, 5.74) is 2.53. The monoisotopic (exact) mass is 449 g/mol. The van der Waals surface area contributed by atoms with Crippen LogP contribution >= 0.6 is 0 Å². The summed E-state index contributed by atoms with van der Waals surface area (Å²) >= 11 is 0. The van der Waals surface area contributed by atoms with Crippen molar-refractivity contribution >= 4 is 11.6 Å². The fourth-order valence-corrected chi connectivity index (χ4v) is 3.87. The SMILES string of the molecule is CCCCNc1ccccc1C(=O)N1CCN(Cc2nc(-c3ccc(OC)cc3)no2)CC1. The van der Waals surface area contributed by atoms with Crippen molar-refractivity contribution in [3.8, 4) is 17.1 Å². The average Bonchev–Trinajstić information content (AvgIpc) is 3.33. The van der Waals surface area contributed by atoms with Gasteiger partial charge in [-0.2, -0.15) is 4.98 Å². The molecule has 1 aromatic heterocycles. The van der Waals surface area contributed by atoms with Crippen molar-refractivity contribution in [2.24, 2.45) is 0 Å². The number of amides is 1. The van der Waals surface area contributed by atoms with E-state index in [1.165, 1.54) is 0 Å². The van der Waals surface area contributed by atoms with Crippen LogP contribution in [0.4, 0.5) is 5.69 Å². The fraction of sp³-hybridized carbons (Fsp3) is 0.400. The van der Waals surface area contributed by atoms with Crippen molar-refractivity contribution < 1.29 is 14.1 Å². The quantitative estimate of drug-likeness (QED) is 0.496. The van der Waals surface area contributed by atoms with E-state index < -0.39 is 0 Å². The maximum absolute atomic E-state index is 13.1. The summed E-state index contributed by atoms with van der Waals surface area (Å²) in [6, 6.07) is 15.3. The summed E-state index contributed by atoms with van der Waals surface area (Å²) in [4.78, 5) is 21.8. The number of hydrogen-bond donors (Lipinski definition) is 1. The lowest BCUT2D eigenvalue weighted by Gasteiger charge is -2.34. The standard InChI is InChI=1S/C25H31N5O3/c1-3-4-13-26-22-8-6-5-7-21(22)25(31)30-16-14-29(15-17-30)18-23-27-24(28-33-23)19-9-11-20(32-2)12-10-19/h5-12,26H,3-4,13-18H2,1-2H3. The van der Waals surface area contributed by atoms with Gasteiger partial charge in [-0.3, -0.25) is 9.69 Å². The lowest BCUT2D eigenvalue weighted by atomic mass is 10.1. The number of nitrogens with one attached hydrogen (secondary N) is 1. The number of methoxy groups -OCH3 is 1. The van der Waals surface area contributed by atoms with Gasteiger partial charge in [-0.25, -0.2) is 0 Å². The van der Waals surface area contributed by atoms with E-state index in [9.17, 15) is 4.79 Å². The normalized spacial score (nSPS) is 14.3. The number of para-hydroxylation sites is 1.